The maximum atomic E-state index is 10.7. The van der Waals surface area contributed by atoms with E-state index in [9.17, 15) is 15.0 Å². The van der Waals surface area contributed by atoms with Crippen LogP contribution in [0.1, 0.15) is 38.2 Å². The van der Waals surface area contributed by atoms with Gasteiger partial charge in [0.2, 0.25) is 5.75 Å². The average molecular weight is 334 g/mol. The molecule has 0 saturated carbocycles. The topological polar surface area (TPSA) is 116 Å². The van der Waals surface area contributed by atoms with Crippen molar-refractivity contribution >= 4 is 5.97 Å². The third-order valence-corrected chi connectivity index (χ3v) is 3.72. The van der Waals surface area contributed by atoms with Gasteiger partial charge in [-0.2, -0.15) is 5.10 Å². The highest BCUT2D eigenvalue weighted by Crippen LogP contribution is 2.43. The highest BCUT2D eigenvalue weighted by molar-refractivity contribution is 5.75. The Kier molecular flexibility index (Phi) is 6.06. The van der Waals surface area contributed by atoms with Crippen LogP contribution in [0.4, 0.5) is 0 Å². The number of nitrogens with one attached hydrogen (secondary N) is 1. The Morgan fingerprint density at radius 3 is 2.75 bits per heavy atom. The number of phenols is 2. The van der Waals surface area contributed by atoms with E-state index in [1.54, 1.807) is 12.1 Å². The number of aromatic amines is 1. The van der Waals surface area contributed by atoms with Crippen molar-refractivity contribution in [1.82, 2.24) is 10.2 Å². The Morgan fingerprint density at radius 2 is 2.04 bits per heavy atom. The lowest BCUT2D eigenvalue weighted by molar-refractivity contribution is -0.136. The predicted molar refractivity (Wildman–Crippen MR) is 88.3 cm³/mol. The molecule has 7 heteroatoms. The first-order valence-corrected chi connectivity index (χ1v) is 7.96. The van der Waals surface area contributed by atoms with Crippen molar-refractivity contribution in [2.24, 2.45) is 0 Å². The highest BCUT2D eigenvalue weighted by atomic mass is 16.5. The molecular formula is C17H22N2O5. The van der Waals surface area contributed by atoms with Crippen molar-refractivity contribution in [3.05, 3.63) is 23.9 Å². The molecule has 4 N–H and O–H groups in total. The van der Waals surface area contributed by atoms with E-state index in [1.807, 2.05) is 0 Å². The number of hydrogen-bond acceptors (Lipinski definition) is 5. The molecule has 1 aromatic carbocycles. The molecule has 0 unspecified atom stereocenters. The van der Waals surface area contributed by atoms with Gasteiger partial charge in [-0.3, -0.25) is 9.89 Å². The molecule has 7 nitrogen and oxygen atoms in total. The van der Waals surface area contributed by atoms with Crippen LogP contribution in [-0.4, -0.2) is 38.1 Å². The van der Waals surface area contributed by atoms with Crippen LogP contribution in [0.25, 0.3) is 11.3 Å². The van der Waals surface area contributed by atoms with Gasteiger partial charge in [0.25, 0.3) is 0 Å². The molecule has 130 valence electrons. The standard InChI is InChI=1S/C17H22N2O5/c1-2-3-4-9-24-13-7-6-12(16(22)17(13)23)15-11(10-18-19-15)5-8-14(20)21/h6-7,10,22-23H,2-5,8-9H2,1H3,(H,18,19)(H,20,21). The number of carboxylic acids is 1. The van der Waals surface area contributed by atoms with Crippen LogP contribution in [0.3, 0.4) is 0 Å². The molecule has 0 aliphatic rings. The first kappa shape index (κ1) is 17.7. The smallest absolute Gasteiger partial charge is 0.303 e. The van der Waals surface area contributed by atoms with E-state index in [2.05, 4.69) is 17.1 Å². The van der Waals surface area contributed by atoms with Gasteiger partial charge >= 0.3 is 5.97 Å². The van der Waals surface area contributed by atoms with Crippen LogP contribution in [0.15, 0.2) is 18.3 Å². The zero-order chi connectivity index (χ0) is 17.5. The number of unbranched alkanes of at least 4 members (excludes halogenated alkanes) is 2. The number of aryl methyl sites for hydroxylation is 1. The number of aromatic nitrogens is 2. The fourth-order valence-corrected chi connectivity index (χ4v) is 2.39. The van der Waals surface area contributed by atoms with Crippen LogP contribution >= 0.6 is 0 Å². The number of ether oxygens (including phenoxy) is 1. The van der Waals surface area contributed by atoms with Gasteiger partial charge in [-0.15, -0.1) is 0 Å². The summed E-state index contributed by atoms with van der Waals surface area (Å²) in [6.07, 6.45) is 4.72. The molecule has 0 saturated heterocycles. The Morgan fingerprint density at radius 1 is 1.25 bits per heavy atom. The summed E-state index contributed by atoms with van der Waals surface area (Å²) in [5.74, 6) is -1.34. The molecular weight excluding hydrogens is 312 g/mol. The van der Waals surface area contributed by atoms with E-state index >= 15 is 0 Å². The molecule has 0 bridgehead atoms. The van der Waals surface area contributed by atoms with Gasteiger partial charge in [-0.25, -0.2) is 0 Å². The predicted octanol–water partition coefficient (Wildman–Crippen LogP) is 3.07. The number of benzene rings is 1. The fraction of sp³-hybridized carbons (Fsp3) is 0.412. The lowest BCUT2D eigenvalue weighted by Crippen LogP contribution is -1.99. The van der Waals surface area contributed by atoms with E-state index in [-0.39, 0.29) is 30.1 Å². The van der Waals surface area contributed by atoms with Crippen molar-refractivity contribution < 1.29 is 24.9 Å². The second-order valence-electron chi connectivity index (χ2n) is 5.53. The SMILES string of the molecule is CCCCCOc1ccc(-c2[nH]ncc2CCC(=O)O)c(O)c1O. The average Bonchev–Trinajstić information content (AvgIpc) is 3.01. The van der Waals surface area contributed by atoms with Crippen LogP contribution < -0.4 is 4.74 Å². The van der Waals surface area contributed by atoms with Crippen molar-refractivity contribution in [3.63, 3.8) is 0 Å². The van der Waals surface area contributed by atoms with Gasteiger partial charge in [0, 0.05) is 12.0 Å². The van der Waals surface area contributed by atoms with Crippen LogP contribution in [-0.2, 0) is 11.2 Å². The minimum Gasteiger partial charge on any atom is -0.504 e. The molecule has 0 amide bonds. The Labute approximate surface area is 139 Å². The number of H-pyrrole nitrogens is 1. The summed E-state index contributed by atoms with van der Waals surface area (Å²) in [6.45, 7) is 2.55. The maximum absolute atomic E-state index is 10.7. The molecule has 24 heavy (non-hydrogen) atoms. The van der Waals surface area contributed by atoms with Gasteiger partial charge < -0.3 is 20.1 Å². The van der Waals surface area contributed by atoms with Gasteiger partial charge in [-0.05, 0) is 30.5 Å². The lowest BCUT2D eigenvalue weighted by Gasteiger charge is -2.12. The quantitative estimate of drug-likeness (QED) is 0.414. The van der Waals surface area contributed by atoms with Crippen molar-refractivity contribution in [1.29, 1.82) is 0 Å². The fourth-order valence-electron chi connectivity index (χ4n) is 2.39. The summed E-state index contributed by atoms with van der Waals surface area (Å²) in [4.78, 5) is 10.7. The first-order valence-electron chi connectivity index (χ1n) is 7.96. The molecule has 0 radical (unpaired) electrons. The highest BCUT2D eigenvalue weighted by Gasteiger charge is 2.18. The van der Waals surface area contributed by atoms with Crippen molar-refractivity contribution in [2.45, 2.75) is 39.0 Å². The molecule has 0 spiro atoms. The van der Waals surface area contributed by atoms with E-state index in [0.29, 0.717) is 23.4 Å². The zero-order valence-corrected chi connectivity index (χ0v) is 13.6. The van der Waals surface area contributed by atoms with E-state index in [1.165, 1.54) is 6.20 Å². The summed E-state index contributed by atoms with van der Waals surface area (Å²) < 4.78 is 5.49. The molecule has 2 aromatic rings. The number of nitrogens with zero attached hydrogens (tertiary/aromatic N) is 1. The second-order valence-corrected chi connectivity index (χ2v) is 5.53. The number of aliphatic carboxylic acids is 1. The van der Waals surface area contributed by atoms with Gasteiger partial charge in [-0.1, -0.05) is 19.8 Å². The minimum atomic E-state index is -0.912. The molecule has 0 fully saturated rings. The van der Waals surface area contributed by atoms with Gasteiger partial charge in [0.05, 0.1) is 18.5 Å². The lowest BCUT2D eigenvalue weighted by atomic mass is 10.0. The summed E-state index contributed by atoms with van der Waals surface area (Å²) in [5, 5.41) is 35.8. The van der Waals surface area contributed by atoms with Crippen LogP contribution in [0.2, 0.25) is 0 Å². The van der Waals surface area contributed by atoms with Crippen molar-refractivity contribution in [3.8, 4) is 28.5 Å². The van der Waals surface area contributed by atoms with Crippen molar-refractivity contribution in [2.75, 3.05) is 6.61 Å². The summed E-state index contributed by atoms with van der Waals surface area (Å²) in [7, 11) is 0. The molecule has 1 heterocycles. The summed E-state index contributed by atoms with van der Waals surface area (Å²) in [5.41, 5.74) is 1.50. The maximum Gasteiger partial charge on any atom is 0.303 e. The normalized spacial score (nSPS) is 10.7. The minimum absolute atomic E-state index is 0.0437. The molecule has 0 aliphatic heterocycles. The van der Waals surface area contributed by atoms with E-state index in [4.69, 9.17) is 9.84 Å². The van der Waals surface area contributed by atoms with E-state index in [0.717, 1.165) is 19.3 Å². The summed E-state index contributed by atoms with van der Waals surface area (Å²) in [6, 6.07) is 3.19. The summed E-state index contributed by atoms with van der Waals surface area (Å²) >= 11 is 0. The third kappa shape index (κ3) is 4.18. The van der Waals surface area contributed by atoms with Crippen LogP contribution in [0, 0.1) is 0 Å². The number of carbonyl (C=O) groups is 1. The Hall–Kier alpha value is -2.70. The Balaban J connectivity index is 2.19. The number of aromatic hydroxyl groups is 2. The second kappa shape index (κ2) is 8.24. The van der Waals surface area contributed by atoms with Gasteiger partial charge in [0.15, 0.2) is 11.5 Å². The first-order chi connectivity index (χ1) is 11.5. The third-order valence-electron chi connectivity index (χ3n) is 3.72. The molecule has 1 aromatic heterocycles. The van der Waals surface area contributed by atoms with Crippen LogP contribution in [0.5, 0.6) is 17.2 Å². The monoisotopic (exact) mass is 334 g/mol. The number of hydrogen-bond donors (Lipinski definition) is 4. The molecule has 0 atom stereocenters. The number of rotatable bonds is 9. The number of phenolic OH excluding ortho intramolecular Hbond substituents is 2. The molecule has 2 rings (SSSR count). The number of carboxylic acid groups (broad SMARTS) is 1. The largest absolute Gasteiger partial charge is 0.504 e. The van der Waals surface area contributed by atoms with Gasteiger partial charge in [0.1, 0.15) is 0 Å². The van der Waals surface area contributed by atoms with E-state index < -0.39 is 5.97 Å². The zero-order valence-electron chi connectivity index (χ0n) is 13.6. The Bertz CT molecular complexity index is 696. The molecule has 0 aliphatic carbocycles.